The molecule has 0 aliphatic rings. The second kappa shape index (κ2) is 3.68. The van der Waals surface area contributed by atoms with Crippen LogP contribution < -0.4 is 0 Å². The van der Waals surface area contributed by atoms with Gasteiger partial charge in [-0.15, -0.1) is 0 Å². The molecule has 0 aliphatic heterocycles. The summed E-state index contributed by atoms with van der Waals surface area (Å²) < 4.78 is 4.98. The first-order valence-corrected chi connectivity index (χ1v) is 4.75. The summed E-state index contributed by atoms with van der Waals surface area (Å²) in [6.07, 6.45) is 1.48. The highest BCUT2D eigenvalue weighted by Crippen LogP contribution is 2.33. The van der Waals surface area contributed by atoms with Gasteiger partial charge in [-0.2, -0.15) is 0 Å². The molecule has 0 N–H and O–H groups in total. The van der Waals surface area contributed by atoms with Crippen LogP contribution in [0, 0.1) is 0 Å². The molecule has 15 heavy (non-hydrogen) atoms. The van der Waals surface area contributed by atoms with Gasteiger partial charge in [0.15, 0.2) is 12.0 Å². The van der Waals surface area contributed by atoms with Gasteiger partial charge in [0.25, 0.3) is 5.78 Å². The zero-order valence-corrected chi connectivity index (χ0v) is 8.80. The van der Waals surface area contributed by atoms with E-state index in [1.54, 1.807) is 12.1 Å². The van der Waals surface area contributed by atoms with Crippen molar-refractivity contribution < 1.29 is 14.0 Å². The molecule has 0 fully saturated rings. The number of halogens is 2. The van der Waals surface area contributed by atoms with Gasteiger partial charge in [-0.3, -0.25) is 9.59 Å². The van der Waals surface area contributed by atoms with E-state index in [0.29, 0.717) is 20.8 Å². The van der Waals surface area contributed by atoms with Gasteiger partial charge < -0.3 is 4.42 Å². The van der Waals surface area contributed by atoms with Gasteiger partial charge in [-0.1, -0.05) is 23.2 Å². The van der Waals surface area contributed by atoms with Crippen molar-refractivity contribution in [3.05, 3.63) is 34.2 Å². The van der Waals surface area contributed by atoms with Gasteiger partial charge in [0, 0.05) is 5.39 Å². The largest absolute Gasteiger partial charge is 0.459 e. The maximum absolute atomic E-state index is 11.2. The zero-order chi connectivity index (χ0) is 11.0. The van der Waals surface area contributed by atoms with E-state index in [1.807, 2.05) is 0 Å². The lowest BCUT2D eigenvalue weighted by Crippen LogP contribution is -1.98. The minimum Gasteiger partial charge on any atom is -0.459 e. The molecule has 0 radical (unpaired) electrons. The van der Waals surface area contributed by atoms with Gasteiger partial charge in [0.2, 0.25) is 0 Å². The number of Topliss-reactive ketones (excluding diaryl/α,β-unsaturated/α-hetero) is 1. The van der Waals surface area contributed by atoms with Crippen molar-refractivity contribution in [2.24, 2.45) is 0 Å². The molecule has 0 saturated carbocycles. The van der Waals surface area contributed by atoms with Crippen molar-refractivity contribution in [1.29, 1.82) is 0 Å². The average Bonchev–Trinajstić information content (AvgIpc) is 2.68. The van der Waals surface area contributed by atoms with Gasteiger partial charge in [0.1, 0.15) is 6.26 Å². The highest BCUT2D eigenvalue weighted by Gasteiger charge is 2.17. The monoisotopic (exact) mass is 242 g/mol. The lowest BCUT2D eigenvalue weighted by atomic mass is 10.1. The van der Waals surface area contributed by atoms with E-state index in [-0.39, 0.29) is 12.0 Å². The smallest absolute Gasteiger partial charge is 0.261 e. The van der Waals surface area contributed by atoms with Crippen LogP contribution in [0.2, 0.25) is 10.0 Å². The summed E-state index contributed by atoms with van der Waals surface area (Å²) in [4.78, 5) is 21.5. The van der Waals surface area contributed by atoms with Crippen LogP contribution in [0.4, 0.5) is 0 Å². The predicted molar refractivity (Wildman–Crippen MR) is 56.6 cm³/mol. The second-order valence-corrected chi connectivity index (χ2v) is 3.68. The van der Waals surface area contributed by atoms with Crippen LogP contribution in [0.15, 0.2) is 22.8 Å². The van der Waals surface area contributed by atoms with E-state index < -0.39 is 5.78 Å². The Bertz CT molecular complexity index is 557. The molecule has 0 atom stereocenters. The Kier molecular flexibility index (Phi) is 2.50. The fourth-order valence-electron chi connectivity index (χ4n) is 1.33. The van der Waals surface area contributed by atoms with Crippen LogP contribution in [0.5, 0.6) is 0 Å². The first kappa shape index (κ1) is 10.2. The molecule has 0 spiro atoms. The lowest BCUT2D eigenvalue weighted by Gasteiger charge is -1.96. The number of carbonyl (C=O) groups is 2. The predicted octanol–water partition coefficient (Wildman–Crippen LogP) is 3.12. The van der Waals surface area contributed by atoms with Crippen LogP contribution >= 0.6 is 23.2 Å². The van der Waals surface area contributed by atoms with Crippen LogP contribution in [0.1, 0.15) is 10.6 Å². The molecule has 3 nitrogen and oxygen atoms in total. The molecule has 0 aliphatic carbocycles. The quantitative estimate of drug-likeness (QED) is 0.462. The SMILES string of the molecule is O=CC(=O)c1occ2c(Cl)ccc(Cl)c12. The maximum atomic E-state index is 11.2. The van der Waals surface area contributed by atoms with Crippen molar-refractivity contribution >= 4 is 46.0 Å². The van der Waals surface area contributed by atoms with Crippen LogP contribution in [-0.2, 0) is 4.79 Å². The summed E-state index contributed by atoms with van der Waals surface area (Å²) in [5, 5.41) is 1.65. The molecule has 1 aromatic heterocycles. The molecule has 2 rings (SSSR count). The van der Waals surface area contributed by atoms with E-state index in [9.17, 15) is 9.59 Å². The van der Waals surface area contributed by atoms with Gasteiger partial charge in [0.05, 0.1) is 15.4 Å². The van der Waals surface area contributed by atoms with Crippen molar-refractivity contribution in [2.45, 2.75) is 0 Å². The van der Waals surface area contributed by atoms with Gasteiger partial charge in [-0.05, 0) is 12.1 Å². The summed E-state index contributed by atoms with van der Waals surface area (Å²) in [7, 11) is 0. The standard InChI is InChI=1S/C10H4Cl2O3/c11-6-1-2-7(12)9-5(6)4-15-10(9)8(14)3-13/h1-4H. The zero-order valence-electron chi connectivity index (χ0n) is 7.29. The summed E-state index contributed by atoms with van der Waals surface area (Å²) in [5.41, 5.74) is 0. The highest BCUT2D eigenvalue weighted by molar-refractivity contribution is 6.44. The Morgan fingerprint density at radius 2 is 1.93 bits per heavy atom. The average molecular weight is 243 g/mol. The Labute approximate surface area is 94.6 Å². The molecule has 0 saturated heterocycles. The first-order chi connectivity index (χ1) is 7.15. The molecular weight excluding hydrogens is 239 g/mol. The molecule has 0 amide bonds. The number of ketones is 1. The number of hydrogen-bond donors (Lipinski definition) is 0. The van der Waals surface area contributed by atoms with Crippen molar-refractivity contribution in [2.75, 3.05) is 0 Å². The van der Waals surface area contributed by atoms with Crippen LogP contribution in [0.3, 0.4) is 0 Å². The van der Waals surface area contributed by atoms with Gasteiger partial charge >= 0.3 is 0 Å². The van der Waals surface area contributed by atoms with E-state index in [4.69, 9.17) is 27.6 Å². The van der Waals surface area contributed by atoms with E-state index in [2.05, 4.69) is 0 Å². The number of aldehydes is 1. The Balaban J connectivity index is 2.84. The highest BCUT2D eigenvalue weighted by atomic mass is 35.5. The lowest BCUT2D eigenvalue weighted by molar-refractivity contribution is -0.104. The van der Waals surface area contributed by atoms with Crippen molar-refractivity contribution in [1.82, 2.24) is 0 Å². The first-order valence-electron chi connectivity index (χ1n) is 4.00. The Morgan fingerprint density at radius 1 is 1.27 bits per heavy atom. The summed E-state index contributed by atoms with van der Waals surface area (Å²) >= 11 is 11.8. The Hall–Kier alpha value is -1.32. The van der Waals surface area contributed by atoms with Crippen molar-refractivity contribution in [3.8, 4) is 0 Å². The molecule has 5 heteroatoms. The maximum Gasteiger partial charge on any atom is 0.261 e. The van der Waals surface area contributed by atoms with E-state index in [1.165, 1.54) is 6.26 Å². The van der Waals surface area contributed by atoms with Crippen LogP contribution in [-0.4, -0.2) is 12.1 Å². The molecule has 76 valence electrons. The minimum absolute atomic E-state index is 0.0764. The molecule has 0 bridgehead atoms. The minimum atomic E-state index is -0.755. The summed E-state index contributed by atoms with van der Waals surface area (Å²) in [6, 6.07) is 3.14. The van der Waals surface area contributed by atoms with Crippen LogP contribution in [0.25, 0.3) is 10.8 Å². The number of fused-ring (bicyclic) bond motifs is 1. The van der Waals surface area contributed by atoms with Gasteiger partial charge in [-0.25, -0.2) is 0 Å². The molecular formula is C10H4Cl2O3. The third-order valence-electron chi connectivity index (χ3n) is 1.99. The number of furan rings is 1. The number of hydrogen-bond acceptors (Lipinski definition) is 3. The number of rotatable bonds is 2. The fraction of sp³-hybridized carbons (Fsp3) is 0. The summed E-state index contributed by atoms with van der Waals surface area (Å²) in [6.45, 7) is 0. The molecule has 0 unspecified atom stereocenters. The molecule has 1 aromatic carbocycles. The summed E-state index contributed by atoms with van der Waals surface area (Å²) in [5.74, 6) is -0.832. The topological polar surface area (TPSA) is 47.3 Å². The Morgan fingerprint density at radius 3 is 2.60 bits per heavy atom. The van der Waals surface area contributed by atoms with Crippen molar-refractivity contribution in [3.63, 3.8) is 0 Å². The third kappa shape index (κ3) is 1.54. The van der Waals surface area contributed by atoms with E-state index in [0.717, 1.165) is 0 Å². The number of benzene rings is 1. The number of carbonyl (C=O) groups excluding carboxylic acids is 2. The molecule has 1 heterocycles. The second-order valence-electron chi connectivity index (χ2n) is 2.86. The fourth-order valence-corrected chi connectivity index (χ4v) is 1.78. The normalized spacial score (nSPS) is 10.5. The van der Waals surface area contributed by atoms with E-state index >= 15 is 0 Å². The third-order valence-corrected chi connectivity index (χ3v) is 2.64. The molecule has 2 aromatic rings.